The number of para-hydroxylation sites is 1. The minimum Gasteiger partial charge on any atom is -0.481 e. The zero-order valence-electron chi connectivity index (χ0n) is 18.3. The van der Waals surface area contributed by atoms with Gasteiger partial charge in [-0.2, -0.15) is 9.78 Å². The Bertz CT molecular complexity index is 1190. The molecule has 2 aromatic carbocycles. The van der Waals surface area contributed by atoms with Crippen LogP contribution in [0.3, 0.4) is 0 Å². The minimum atomic E-state index is -1.10. The molecule has 9 nitrogen and oxygen atoms in total. The van der Waals surface area contributed by atoms with Crippen molar-refractivity contribution in [2.45, 2.75) is 19.4 Å². The normalized spacial score (nSPS) is 11.5. The maximum Gasteiger partial charge on any atom is 0.416 e. The maximum absolute atomic E-state index is 14.4. The molecule has 0 radical (unpaired) electrons. The third kappa shape index (κ3) is 5.53. The Balaban J connectivity index is 1.98. The van der Waals surface area contributed by atoms with Crippen molar-refractivity contribution in [2.75, 3.05) is 14.1 Å². The summed E-state index contributed by atoms with van der Waals surface area (Å²) in [6, 6.07) is 13.1. The van der Waals surface area contributed by atoms with Gasteiger partial charge in [0.2, 0.25) is 5.88 Å². The lowest BCUT2D eigenvalue weighted by Gasteiger charge is -2.18. The van der Waals surface area contributed by atoms with E-state index in [0.717, 1.165) is 10.2 Å². The topological polar surface area (TPSA) is 114 Å². The molecular weight excluding hydrogens is 431 g/mol. The van der Waals surface area contributed by atoms with Gasteiger partial charge in [0, 0.05) is 20.2 Å². The lowest BCUT2D eigenvalue weighted by atomic mass is 9.98. The molecule has 0 unspecified atom stereocenters. The molecule has 2 N–H and O–H groups in total. The third-order valence-electron chi connectivity index (χ3n) is 4.79. The summed E-state index contributed by atoms with van der Waals surface area (Å²) in [5.74, 6) is -2.62. The Kier molecular flexibility index (Phi) is 7.07. The molecule has 0 saturated carbocycles. The highest BCUT2D eigenvalue weighted by Gasteiger charge is 2.25. The molecule has 0 aliphatic heterocycles. The van der Waals surface area contributed by atoms with Crippen LogP contribution in [-0.2, 0) is 4.79 Å². The number of nitrogens with one attached hydrogen (secondary N) is 1. The molecule has 0 fully saturated rings. The van der Waals surface area contributed by atoms with Crippen LogP contribution in [0.15, 0.2) is 54.6 Å². The van der Waals surface area contributed by atoms with Gasteiger partial charge >= 0.3 is 12.1 Å². The summed E-state index contributed by atoms with van der Waals surface area (Å²) in [7, 11) is 2.94. The van der Waals surface area contributed by atoms with E-state index in [-0.39, 0.29) is 23.7 Å². The number of rotatable bonds is 7. The number of carbonyl (C=O) groups excluding carboxylic acids is 2. The van der Waals surface area contributed by atoms with Crippen LogP contribution in [-0.4, -0.2) is 51.9 Å². The van der Waals surface area contributed by atoms with Crippen LogP contribution in [0, 0.1) is 12.7 Å². The number of carbonyl (C=O) groups is 3. The van der Waals surface area contributed by atoms with Crippen molar-refractivity contribution in [3.63, 3.8) is 0 Å². The van der Waals surface area contributed by atoms with Crippen LogP contribution in [0.4, 0.5) is 9.18 Å². The van der Waals surface area contributed by atoms with Crippen molar-refractivity contribution in [1.82, 2.24) is 20.0 Å². The van der Waals surface area contributed by atoms with Crippen LogP contribution < -0.4 is 10.1 Å². The second-order valence-electron chi connectivity index (χ2n) is 7.47. The first-order valence-corrected chi connectivity index (χ1v) is 9.99. The summed E-state index contributed by atoms with van der Waals surface area (Å²) >= 11 is 0. The first-order valence-electron chi connectivity index (χ1n) is 9.99. The van der Waals surface area contributed by atoms with Gasteiger partial charge in [0.05, 0.1) is 12.5 Å². The number of nitrogens with zero attached hydrogens (tertiary/aromatic N) is 3. The number of carboxylic acids is 1. The first-order chi connectivity index (χ1) is 15.7. The minimum absolute atomic E-state index is 0.0286. The number of aliphatic carboxylic acids is 1. The Labute approximate surface area is 189 Å². The summed E-state index contributed by atoms with van der Waals surface area (Å²) in [6.07, 6.45) is -1.10. The number of carboxylic acid groups (broad SMARTS) is 1. The van der Waals surface area contributed by atoms with E-state index in [9.17, 15) is 23.9 Å². The fourth-order valence-corrected chi connectivity index (χ4v) is 3.15. The quantitative estimate of drug-likeness (QED) is 0.566. The zero-order chi connectivity index (χ0) is 24.1. The number of ether oxygens (including phenoxy) is 1. The van der Waals surface area contributed by atoms with E-state index in [1.807, 2.05) is 13.0 Å². The van der Waals surface area contributed by atoms with Crippen molar-refractivity contribution in [1.29, 1.82) is 0 Å². The Hall–Kier alpha value is -4.21. The monoisotopic (exact) mass is 454 g/mol. The summed E-state index contributed by atoms with van der Waals surface area (Å²) in [4.78, 5) is 37.7. The molecular formula is C23H23FN4O5. The highest BCUT2D eigenvalue weighted by atomic mass is 19.1. The summed E-state index contributed by atoms with van der Waals surface area (Å²) in [5.41, 5.74) is 1.24. The molecule has 0 saturated heterocycles. The number of hydrogen-bond acceptors (Lipinski definition) is 5. The molecule has 0 aliphatic rings. The van der Waals surface area contributed by atoms with Crippen LogP contribution in [0.25, 0.3) is 5.69 Å². The van der Waals surface area contributed by atoms with Gasteiger partial charge in [0.1, 0.15) is 11.5 Å². The predicted octanol–water partition coefficient (Wildman–Crippen LogP) is 3.33. The second kappa shape index (κ2) is 9.94. The van der Waals surface area contributed by atoms with Crippen molar-refractivity contribution >= 4 is 18.0 Å². The molecule has 33 heavy (non-hydrogen) atoms. The van der Waals surface area contributed by atoms with Crippen molar-refractivity contribution in [3.05, 3.63) is 77.2 Å². The Morgan fingerprint density at radius 2 is 1.82 bits per heavy atom. The van der Waals surface area contributed by atoms with Crippen LogP contribution in [0.1, 0.15) is 34.1 Å². The van der Waals surface area contributed by atoms with Gasteiger partial charge in [-0.1, -0.05) is 36.4 Å². The Morgan fingerprint density at radius 1 is 1.15 bits per heavy atom. The zero-order valence-corrected chi connectivity index (χ0v) is 18.3. The maximum atomic E-state index is 14.4. The molecule has 0 aliphatic carbocycles. The average Bonchev–Trinajstić information content (AvgIpc) is 3.17. The predicted molar refractivity (Wildman–Crippen MR) is 117 cm³/mol. The van der Waals surface area contributed by atoms with E-state index in [4.69, 9.17) is 4.74 Å². The van der Waals surface area contributed by atoms with E-state index >= 15 is 0 Å². The second-order valence-corrected chi connectivity index (χ2v) is 7.47. The lowest BCUT2D eigenvalue weighted by Crippen LogP contribution is -2.31. The van der Waals surface area contributed by atoms with E-state index in [2.05, 4.69) is 10.4 Å². The summed E-state index contributed by atoms with van der Waals surface area (Å²) in [5, 5.41) is 16.1. The molecule has 0 bridgehead atoms. The van der Waals surface area contributed by atoms with Crippen molar-refractivity contribution in [2.24, 2.45) is 0 Å². The molecule has 2 amide bonds. The number of amides is 2. The number of benzene rings is 2. The Morgan fingerprint density at radius 3 is 2.45 bits per heavy atom. The largest absolute Gasteiger partial charge is 0.481 e. The highest BCUT2D eigenvalue weighted by Crippen LogP contribution is 2.24. The number of hydrogen-bond donors (Lipinski definition) is 2. The summed E-state index contributed by atoms with van der Waals surface area (Å²) in [6.45, 7) is 1.81. The van der Waals surface area contributed by atoms with Gasteiger partial charge in [0.25, 0.3) is 5.91 Å². The van der Waals surface area contributed by atoms with E-state index < -0.39 is 29.8 Å². The van der Waals surface area contributed by atoms with E-state index in [0.29, 0.717) is 5.56 Å². The number of aromatic nitrogens is 2. The number of aryl methyl sites for hydroxylation is 1. The highest BCUT2D eigenvalue weighted by molar-refractivity contribution is 5.93. The van der Waals surface area contributed by atoms with Crippen LogP contribution >= 0.6 is 0 Å². The molecule has 3 rings (SSSR count). The molecule has 3 aromatic rings. The van der Waals surface area contributed by atoms with Crippen LogP contribution in [0.2, 0.25) is 0 Å². The molecule has 1 aromatic heterocycles. The SMILES string of the molecule is Cc1ccccc1[C@H](CC(=O)O)NC(=O)c1cc(OC(=O)N(C)C)n(-c2ccccc2F)n1. The van der Waals surface area contributed by atoms with Gasteiger partial charge in [-0.15, -0.1) is 0 Å². The van der Waals surface area contributed by atoms with Crippen LogP contribution in [0.5, 0.6) is 5.88 Å². The molecule has 0 spiro atoms. The lowest BCUT2D eigenvalue weighted by molar-refractivity contribution is -0.137. The van der Waals surface area contributed by atoms with Crippen molar-refractivity contribution in [3.8, 4) is 11.6 Å². The first kappa shape index (κ1) is 23.5. The third-order valence-corrected chi connectivity index (χ3v) is 4.79. The molecule has 1 heterocycles. The van der Waals surface area contributed by atoms with Gasteiger partial charge in [-0.3, -0.25) is 9.59 Å². The van der Waals surface area contributed by atoms with Crippen molar-refractivity contribution < 1.29 is 28.6 Å². The fraction of sp³-hybridized carbons (Fsp3) is 0.217. The van der Waals surface area contributed by atoms with Gasteiger partial charge < -0.3 is 20.1 Å². The van der Waals surface area contributed by atoms with E-state index in [1.54, 1.807) is 24.3 Å². The smallest absolute Gasteiger partial charge is 0.416 e. The summed E-state index contributed by atoms with van der Waals surface area (Å²) < 4.78 is 20.7. The fourth-order valence-electron chi connectivity index (χ4n) is 3.15. The molecule has 172 valence electrons. The van der Waals surface area contributed by atoms with Gasteiger partial charge in [0.15, 0.2) is 5.69 Å². The average molecular weight is 454 g/mol. The van der Waals surface area contributed by atoms with E-state index in [1.165, 1.54) is 43.3 Å². The molecule has 1 atom stereocenters. The molecule has 10 heteroatoms. The van der Waals surface area contributed by atoms with Gasteiger partial charge in [-0.25, -0.2) is 9.18 Å². The standard InChI is InChI=1S/C23H23FN4O5/c1-14-8-4-5-9-15(14)17(13-21(29)30)25-22(31)18-12-20(33-23(32)27(2)3)28(26-18)19-11-7-6-10-16(19)24/h4-12,17H,13H2,1-3H3,(H,25,31)(H,29,30)/t17-/m0/s1. The number of halogens is 1. The van der Waals surface area contributed by atoms with Gasteiger partial charge in [-0.05, 0) is 30.2 Å².